The van der Waals surface area contributed by atoms with Crippen molar-refractivity contribution in [2.45, 2.75) is 12.3 Å². The van der Waals surface area contributed by atoms with Gasteiger partial charge in [0.05, 0.1) is 23.0 Å². The topological polar surface area (TPSA) is 22.1 Å². The number of aromatic nitrogens is 1. The smallest absolute Gasteiger partial charge is 0.213 e. The first kappa shape index (κ1) is 11.5. The van der Waals surface area contributed by atoms with E-state index < -0.39 is 0 Å². The molecule has 2 rings (SSSR count). The lowest BCUT2D eigenvalue weighted by molar-refractivity contribution is 0.399. The average Bonchev–Trinajstić information content (AvgIpc) is 2.28. The van der Waals surface area contributed by atoms with Crippen molar-refractivity contribution in [1.82, 2.24) is 4.98 Å². The molecule has 1 unspecified atom stereocenters. The molecule has 0 saturated heterocycles. The summed E-state index contributed by atoms with van der Waals surface area (Å²) in [4.78, 5) is 4.31. The highest BCUT2D eigenvalue weighted by atomic mass is 35.5. The number of hydrogen-bond donors (Lipinski definition) is 0. The summed E-state index contributed by atoms with van der Waals surface area (Å²) in [6, 6.07) is 7.48. The van der Waals surface area contributed by atoms with Crippen LogP contribution in [0.15, 0.2) is 24.3 Å². The Balaban J connectivity index is 2.67. The maximum absolute atomic E-state index is 6.27. The Labute approximate surface area is 104 Å². The van der Waals surface area contributed by atoms with E-state index in [1.54, 1.807) is 13.2 Å². The van der Waals surface area contributed by atoms with E-state index in [1.807, 2.05) is 25.1 Å². The third kappa shape index (κ3) is 1.95. The van der Waals surface area contributed by atoms with E-state index >= 15 is 0 Å². The Hall–Kier alpha value is -0.990. The molecule has 4 heteroatoms. The number of fused-ring (bicyclic) bond motifs is 1. The summed E-state index contributed by atoms with van der Waals surface area (Å²) in [7, 11) is 1.59. The van der Waals surface area contributed by atoms with Crippen molar-refractivity contribution >= 4 is 34.1 Å². The monoisotopic (exact) mass is 255 g/mol. The van der Waals surface area contributed by atoms with Crippen molar-refractivity contribution in [1.29, 1.82) is 0 Å². The van der Waals surface area contributed by atoms with E-state index in [9.17, 15) is 0 Å². The Morgan fingerprint density at radius 2 is 2.00 bits per heavy atom. The Bertz CT molecular complexity index is 526. The highest BCUT2D eigenvalue weighted by molar-refractivity contribution is 6.37. The number of nitrogens with zero attached hydrogens (tertiary/aromatic N) is 1. The first-order valence-corrected chi connectivity index (χ1v) is 5.72. The fourth-order valence-corrected chi connectivity index (χ4v) is 2.21. The van der Waals surface area contributed by atoms with Crippen molar-refractivity contribution in [3.05, 3.63) is 34.9 Å². The lowest BCUT2D eigenvalue weighted by atomic mass is 10.1. The van der Waals surface area contributed by atoms with E-state index in [2.05, 4.69) is 4.98 Å². The van der Waals surface area contributed by atoms with Crippen LogP contribution in [0.3, 0.4) is 0 Å². The van der Waals surface area contributed by atoms with Crippen molar-refractivity contribution in [3.8, 4) is 5.88 Å². The van der Waals surface area contributed by atoms with Gasteiger partial charge in [-0.15, -0.1) is 11.6 Å². The van der Waals surface area contributed by atoms with Crippen LogP contribution in [0.25, 0.3) is 10.9 Å². The van der Waals surface area contributed by atoms with Crippen LogP contribution in [-0.2, 0) is 0 Å². The summed E-state index contributed by atoms with van der Waals surface area (Å²) >= 11 is 12.3. The Kier molecular flexibility index (Phi) is 3.22. The van der Waals surface area contributed by atoms with Crippen molar-refractivity contribution in [2.75, 3.05) is 7.11 Å². The van der Waals surface area contributed by atoms with Crippen molar-refractivity contribution in [3.63, 3.8) is 0 Å². The highest BCUT2D eigenvalue weighted by Gasteiger charge is 2.10. The van der Waals surface area contributed by atoms with Gasteiger partial charge in [0.1, 0.15) is 0 Å². The molecule has 0 aliphatic rings. The second-order valence-electron chi connectivity index (χ2n) is 3.51. The average molecular weight is 256 g/mol. The fraction of sp³-hybridized carbons (Fsp3) is 0.250. The molecule has 1 atom stereocenters. The van der Waals surface area contributed by atoms with Crippen LogP contribution in [0.1, 0.15) is 17.9 Å². The molecule has 0 N–H and O–H groups in total. The molecule has 0 aliphatic heterocycles. The number of halogens is 2. The molecule has 16 heavy (non-hydrogen) atoms. The molecule has 0 spiro atoms. The minimum atomic E-state index is -0.112. The van der Waals surface area contributed by atoms with E-state index in [1.165, 1.54) is 0 Å². The van der Waals surface area contributed by atoms with Crippen LogP contribution >= 0.6 is 23.2 Å². The van der Waals surface area contributed by atoms with Crippen LogP contribution < -0.4 is 4.74 Å². The summed E-state index contributed by atoms with van der Waals surface area (Å²) in [6.45, 7) is 1.89. The molecule has 2 nitrogen and oxygen atoms in total. The van der Waals surface area contributed by atoms with Gasteiger partial charge in [-0.2, -0.15) is 0 Å². The van der Waals surface area contributed by atoms with E-state index in [0.717, 1.165) is 16.5 Å². The van der Waals surface area contributed by atoms with Crippen LogP contribution in [0.5, 0.6) is 5.88 Å². The van der Waals surface area contributed by atoms with Crippen LogP contribution in [0, 0.1) is 0 Å². The van der Waals surface area contributed by atoms with E-state index in [-0.39, 0.29) is 5.38 Å². The van der Waals surface area contributed by atoms with Gasteiger partial charge in [0.25, 0.3) is 0 Å². The number of pyridine rings is 1. The van der Waals surface area contributed by atoms with Gasteiger partial charge in [0.15, 0.2) is 0 Å². The molecule has 0 fully saturated rings. The zero-order chi connectivity index (χ0) is 11.7. The van der Waals surface area contributed by atoms with Gasteiger partial charge < -0.3 is 4.74 Å². The molecule has 0 bridgehead atoms. The molecule has 2 aromatic rings. The number of methoxy groups -OCH3 is 1. The molecule has 0 amide bonds. The number of benzene rings is 1. The van der Waals surface area contributed by atoms with Gasteiger partial charge in [-0.25, -0.2) is 4.98 Å². The normalized spacial score (nSPS) is 12.8. The standard InChI is InChI=1S/C12H11Cl2NO/c1-7(13)8-3-5-10-9(12(8)14)4-6-11(15-10)16-2/h3-7H,1-2H3. The SMILES string of the molecule is COc1ccc2c(Cl)c(C(C)Cl)ccc2n1. The predicted molar refractivity (Wildman–Crippen MR) is 67.6 cm³/mol. The maximum atomic E-state index is 6.27. The van der Waals surface area contributed by atoms with Crippen molar-refractivity contribution in [2.24, 2.45) is 0 Å². The van der Waals surface area contributed by atoms with Gasteiger partial charge in [-0.3, -0.25) is 0 Å². The number of alkyl halides is 1. The maximum Gasteiger partial charge on any atom is 0.213 e. The molecule has 0 aliphatic carbocycles. The lowest BCUT2D eigenvalue weighted by Gasteiger charge is -2.09. The van der Waals surface area contributed by atoms with Crippen molar-refractivity contribution < 1.29 is 4.74 Å². The lowest BCUT2D eigenvalue weighted by Crippen LogP contribution is -1.91. The molecule has 0 saturated carbocycles. The van der Waals surface area contributed by atoms with Gasteiger partial charge in [-0.1, -0.05) is 17.7 Å². The molecular weight excluding hydrogens is 245 g/mol. The van der Waals surface area contributed by atoms with Gasteiger partial charge in [0.2, 0.25) is 5.88 Å². The Morgan fingerprint density at radius 1 is 1.25 bits per heavy atom. The van der Waals surface area contributed by atoms with Crippen LogP contribution in [0.2, 0.25) is 5.02 Å². The third-order valence-electron chi connectivity index (χ3n) is 2.45. The zero-order valence-corrected chi connectivity index (χ0v) is 10.5. The fourth-order valence-electron chi connectivity index (χ4n) is 1.59. The summed E-state index contributed by atoms with van der Waals surface area (Å²) in [5, 5.41) is 1.45. The minimum Gasteiger partial charge on any atom is -0.481 e. The van der Waals surface area contributed by atoms with Crippen LogP contribution in [0.4, 0.5) is 0 Å². The summed E-state index contributed by atoms with van der Waals surface area (Å²) in [6.07, 6.45) is 0. The summed E-state index contributed by atoms with van der Waals surface area (Å²) < 4.78 is 5.06. The molecule has 84 valence electrons. The van der Waals surface area contributed by atoms with Gasteiger partial charge in [0, 0.05) is 11.5 Å². The number of ether oxygens (including phenoxy) is 1. The largest absolute Gasteiger partial charge is 0.481 e. The van der Waals surface area contributed by atoms with Gasteiger partial charge >= 0.3 is 0 Å². The van der Waals surface area contributed by atoms with Gasteiger partial charge in [-0.05, 0) is 24.6 Å². The molecule has 1 aromatic heterocycles. The Morgan fingerprint density at radius 3 is 2.62 bits per heavy atom. The molecule has 0 radical (unpaired) electrons. The van der Waals surface area contributed by atoms with E-state index in [4.69, 9.17) is 27.9 Å². The predicted octanol–water partition coefficient (Wildman–Crippen LogP) is 4.20. The molecule has 1 heterocycles. The first-order valence-electron chi connectivity index (χ1n) is 4.90. The quantitative estimate of drug-likeness (QED) is 0.751. The summed E-state index contributed by atoms with van der Waals surface area (Å²) in [5.74, 6) is 0.579. The van der Waals surface area contributed by atoms with Crippen LogP contribution in [-0.4, -0.2) is 12.1 Å². The first-order chi connectivity index (χ1) is 7.63. The third-order valence-corrected chi connectivity index (χ3v) is 3.10. The molecular formula is C12H11Cl2NO. The number of hydrogen-bond acceptors (Lipinski definition) is 2. The second-order valence-corrected chi connectivity index (χ2v) is 4.54. The van der Waals surface area contributed by atoms with E-state index in [0.29, 0.717) is 10.9 Å². The molecule has 1 aromatic carbocycles. The summed E-state index contributed by atoms with van der Waals surface area (Å²) in [5.41, 5.74) is 1.73. The minimum absolute atomic E-state index is 0.112. The zero-order valence-electron chi connectivity index (χ0n) is 9.00. The second kappa shape index (κ2) is 4.48. The number of rotatable bonds is 2. The highest BCUT2D eigenvalue weighted by Crippen LogP contribution is 2.33.